The molecule has 6 N–H and O–H groups in total. The van der Waals surface area contributed by atoms with Gasteiger partial charge in [0.15, 0.2) is 0 Å². The zero-order chi connectivity index (χ0) is 23.5. The maximum atomic E-state index is 13.2. The summed E-state index contributed by atoms with van der Waals surface area (Å²) in [6, 6.07) is 21.9. The van der Waals surface area contributed by atoms with Crippen LogP contribution in [0.25, 0.3) is 10.9 Å². The fourth-order valence-corrected chi connectivity index (χ4v) is 3.96. The quantitative estimate of drug-likeness (QED) is 0.305. The molecule has 0 aliphatic rings. The molecule has 166 valence electrons. The Morgan fingerprint density at radius 2 is 1.58 bits per heavy atom. The van der Waals surface area contributed by atoms with E-state index in [0.717, 1.165) is 27.8 Å². The van der Waals surface area contributed by atoms with Gasteiger partial charge in [-0.25, -0.2) is 0 Å². The molecule has 0 aliphatic carbocycles. The average molecular weight is 475 g/mol. The molecule has 0 aliphatic heterocycles. The van der Waals surface area contributed by atoms with Crippen LogP contribution in [0.15, 0.2) is 72.8 Å². The molecule has 0 fully saturated rings. The van der Waals surface area contributed by atoms with Crippen molar-refractivity contribution in [1.29, 1.82) is 0 Å². The number of hydrogen-bond donors (Lipinski definition) is 4. The van der Waals surface area contributed by atoms with Crippen molar-refractivity contribution in [3.05, 3.63) is 101 Å². The minimum Gasteiger partial charge on any atom is -0.507 e. The monoisotopic (exact) mass is 474 g/mol. The van der Waals surface area contributed by atoms with E-state index >= 15 is 0 Å². The van der Waals surface area contributed by atoms with Crippen molar-refractivity contribution in [2.45, 2.75) is 13.1 Å². The first-order valence-corrected chi connectivity index (χ1v) is 11.0. The van der Waals surface area contributed by atoms with Crippen LogP contribution in [0.1, 0.15) is 32.7 Å². The molecule has 0 spiro atoms. The van der Waals surface area contributed by atoms with Crippen LogP contribution >= 0.6 is 24.4 Å². The van der Waals surface area contributed by atoms with E-state index in [1.807, 2.05) is 59.2 Å². The molecule has 4 aromatic rings. The summed E-state index contributed by atoms with van der Waals surface area (Å²) in [5.41, 5.74) is 16.0. The number of amides is 1. The van der Waals surface area contributed by atoms with Crippen molar-refractivity contribution in [3.63, 3.8) is 0 Å². The fraction of sp³-hybridized carbons (Fsp3) is 0.0800. The van der Waals surface area contributed by atoms with E-state index in [1.165, 1.54) is 0 Å². The Labute approximate surface area is 201 Å². The number of aromatic nitrogens is 1. The molecular formula is C25H22N4O2S2. The van der Waals surface area contributed by atoms with Crippen molar-refractivity contribution in [2.75, 3.05) is 0 Å². The average Bonchev–Trinajstić information content (AvgIpc) is 3.17. The van der Waals surface area contributed by atoms with Crippen molar-refractivity contribution in [3.8, 4) is 5.75 Å². The second-order valence-corrected chi connectivity index (χ2v) is 8.51. The molecule has 3 aromatic carbocycles. The van der Waals surface area contributed by atoms with E-state index in [-0.39, 0.29) is 11.7 Å². The van der Waals surface area contributed by atoms with E-state index in [1.54, 1.807) is 18.2 Å². The van der Waals surface area contributed by atoms with Gasteiger partial charge in [0.2, 0.25) is 0 Å². The number of carbonyl (C=O) groups excluding carboxylic acids is 1. The summed E-state index contributed by atoms with van der Waals surface area (Å²) >= 11 is 10.1. The minimum atomic E-state index is -0.255. The van der Waals surface area contributed by atoms with Crippen LogP contribution in [-0.4, -0.2) is 25.6 Å². The van der Waals surface area contributed by atoms with Crippen LogP contribution in [0.5, 0.6) is 5.75 Å². The summed E-state index contributed by atoms with van der Waals surface area (Å²) in [7, 11) is 0. The summed E-state index contributed by atoms with van der Waals surface area (Å²) in [5, 5.41) is 13.9. The van der Waals surface area contributed by atoms with Gasteiger partial charge in [0.1, 0.15) is 21.4 Å². The summed E-state index contributed by atoms with van der Waals surface area (Å²) in [5.74, 6) is -0.139. The van der Waals surface area contributed by atoms with Gasteiger partial charge in [-0.2, -0.15) is 0 Å². The predicted molar refractivity (Wildman–Crippen MR) is 139 cm³/mol. The number of thiocarbonyl (C=S) groups is 2. The van der Waals surface area contributed by atoms with Crippen LogP contribution < -0.4 is 16.8 Å². The molecule has 33 heavy (non-hydrogen) atoms. The largest absolute Gasteiger partial charge is 0.507 e. The van der Waals surface area contributed by atoms with E-state index in [0.29, 0.717) is 34.1 Å². The second-order valence-electron chi connectivity index (χ2n) is 7.63. The lowest BCUT2D eigenvalue weighted by Gasteiger charge is -2.12. The van der Waals surface area contributed by atoms with E-state index < -0.39 is 0 Å². The van der Waals surface area contributed by atoms with Crippen molar-refractivity contribution < 1.29 is 9.90 Å². The normalized spacial score (nSPS) is 10.8. The molecule has 0 radical (unpaired) electrons. The zero-order valence-corrected chi connectivity index (χ0v) is 19.2. The van der Waals surface area contributed by atoms with Gasteiger partial charge >= 0.3 is 0 Å². The van der Waals surface area contributed by atoms with E-state index in [9.17, 15) is 9.90 Å². The Kier molecular flexibility index (Phi) is 6.39. The number of rotatable bonds is 7. The fourth-order valence-electron chi connectivity index (χ4n) is 3.69. The Morgan fingerprint density at radius 1 is 0.879 bits per heavy atom. The summed E-state index contributed by atoms with van der Waals surface area (Å²) < 4.78 is 1.87. The summed E-state index contributed by atoms with van der Waals surface area (Å²) in [4.78, 5) is 13.8. The molecule has 0 bridgehead atoms. The highest BCUT2D eigenvalue weighted by molar-refractivity contribution is 7.80. The van der Waals surface area contributed by atoms with Crippen LogP contribution in [-0.2, 0) is 13.1 Å². The third kappa shape index (κ3) is 4.87. The molecule has 4 rings (SSSR count). The lowest BCUT2D eigenvalue weighted by atomic mass is 10.1. The van der Waals surface area contributed by atoms with E-state index in [2.05, 4.69) is 5.32 Å². The highest BCUT2D eigenvalue weighted by Gasteiger charge is 2.18. The Bertz CT molecular complexity index is 1380. The van der Waals surface area contributed by atoms with Crippen LogP contribution in [0.3, 0.4) is 0 Å². The van der Waals surface area contributed by atoms with Crippen LogP contribution in [0.4, 0.5) is 0 Å². The molecule has 0 saturated heterocycles. The smallest absolute Gasteiger partial charge is 0.268 e. The van der Waals surface area contributed by atoms with Gasteiger partial charge in [0, 0.05) is 29.6 Å². The second kappa shape index (κ2) is 9.40. The number of fused-ring (bicyclic) bond motifs is 1. The summed E-state index contributed by atoms with van der Waals surface area (Å²) in [6.45, 7) is 0.746. The van der Waals surface area contributed by atoms with Gasteiger partial charge < -0.3 is 26.5 Å². The topological polar surface area (TPSA) is 106 Å². The molecule has 0 atom stereocenters. The number of nitrogens with one attached hydrogen (secondary N) is 1. The number of phenolic OH excluding ortho intramolecular Hbond substituents is 1. The highest BCUT2D eigenvalue weighted by Crippen LogP contribution is 2.29. The van der Waals surface area contributed by atoms with Gasteiger partial charge in [-0.05, 0) is 35.4 Å². The number of benzene rings is 3. The van der Waals surface area contributed by atoms with Crippen LogP contribution in [0.2, 0.25) is 0 Å². The van der Waals surface area contributed by atoms with Crippen molar-refractivity contribution in [1.82, 2.24) is 9.88 Å². The zero-order valence-electron chi connectivity index (χ0n) is 17.6. The van der Waals surface area contributed by atoms with Crippen molar-refractivity contribution >= 4 is 51.2 Å². The SMILES string of the molecule is NC(=S)c1ccc(CNC(=O)c2cc3c(O)cccc3n2Cc2cccc(C(N)=S)c2)cc1. The molecule has 8 heteroatoms. The number of nitrogens with two attached hydrogens (primary N) is 2. The first-order valence-electron chi connectivity index (χ1n) is 10.2. The van der Waals surface area contributed by atoms with Gasteiger partial charge in [-0.15, -0.1) is 0 Å². The lowest BCUT2D eigenvalue weighted by molar-refractivity contribution is 0.0942. The van der Waals surface area contributed by atoms with Crippen molar-refractivity contribution in [2.24, 2.45) is 11.5 Å². The first kappa shape index (κ1) is 22.4. The minimum absolute atomic E-state index is 0.116. The number of nitrogens with zero attached hydrogens (tertiary/aromatic N) is 1. The van der Waals surface area contributed by atoms with Gasteiger partial charge in [0.05, 0.1) is 5.52 Å². The maximum Gasteiger partial charge on any atom is 0.268 e. The first-order chi connectivity index (χ1) is 15.8. The Hall–Kier alpha value is -3.75. The summed E-state index contributed by atoms with van der Waals surface area (Å²) in [6.07, 6.45) is 0. The number of hydrogen-bond acceptors (Lipinski definition) is 4. The molecule has 1 aromatic heterocycles. The Balaban J connectivity index is 1.64. The molecule has 1 amide bonds. The molecule has 0 unspecified atom stereocenters. The third-order valence-corrected chi connectivity index (χ3v) is 5.87. The molecule has 0 saturated carbocycles. The lowest BCUT2D eigenvalue weighted by Crippen LogP contribution is -2.25. The predicted octanol–water partition coefficient (Wildman–Crippen LogP) is 3.59. The van der Waals surface area contributed by atoms with Gasteiger partial charge in [-0.3, -0.25) is 4.79 Å². The molecule has 1 heterocycles. The maximum absolute atomic E-state index is 13.2. The third-order valence-electron chi connectivity index (χ3n) is 5.40. The van der Waals surface area contributed by atoms with E-state index in [4.69, 9.17) is 35.9 Å². The standard InChI is InChI=1S/C25H22N4O2S2/c26-23(32)17-9-7-15(8-10-17)13-28-25(31)21-12-19-20(5-2-6-22(19)30)29(21)14-16-3-1-4-18(11-16)24(27)33/h1-12,30H,13-14H2,(H2,26,32)(H2,27,33)(H,28,31). The van der Waals surface area contributed by atoms with Crippen LogP contribution in [0, 0.1) is 0 Å². The highest BCUT2D eigenvalue weighted by atomic mass is 32.1. The number of phenols is 1. The molecule has 6 nitrogen and oxygen atoms in total. The molecular weight excluding hydrogens is 452 g/mol. The van der Waals surface area contributed by atoms with Gasteiger partial charge in [0.25, 0.3) is 5.91 Å². The Morgan fingerprint density at radius 3 is 2.27 bits per heavy atom. The van der Waals surface area contributed by atoms with Gasteiger partial charge in [-0.1, -0.05) is 73.0 Å². The number of carbonyl (C=O) groups is 1. The number of aromatic hydroxyl groups is 1.